The Balaban J connectivity index is 1.40. The van der Waals surface area contributed by atoms with Gasteiger partial charge in [-0.2, -0.15) is 4.98 Å². The molecule has 0 fully saturated rings. The number of fused-ring (bicyclic) bond motifs is 1. The molecular weight excluding hydrogens is 611 g/mol. The number of hydrogen-bond donors (Lipinski definition) is 3. The minimum absolute atomic E-state index is 0.0238. The highest BCUT2D eigenvalue weighted by atomic mass is 35.5. The van der Waals surface area contributed by atoms with Gasteiger partial charge in [-0.25, -0.2) is 4.98 Å². The summed E-state index contributed by atoms with van der Waals surface area (Å²) in [6.45, 7) is 1.28. The Labute approximate surface area is 263 Å². The van der Waals surface area contributed by atoms with Gasteiger partial charge < -0.3 is 30.1 Å². The molecule has 3 N–H and O–H groups in total. The van der Waals surface area contributed by atoms with Gasteiger partial charge in [-0.3, -0.25) is 19.0 Å². The number of imidazole rings is 1. The maximum absolute atomic E-state index is 12.9. The Morgan fingerprint density at radius 1 is 1.14 bits per heavy atom. The van der Waals surface area contributed by atoms with E-state index in [1.807, 2.05) is 6.07 Å². The number of ether oxygens (including phenoxy) is 2. The van der Waals surface area contributed by atoms with E-state index < -0.39 is 11.8 Å². The van der Waals surface area contributed by atoms with E-state index in [0.29, 0.717) is 51.5 Å². The second kappa shape index (κ2) is 14.7. The highest BCUT2D eigenvalue weighted by Crippen LogP contribution is 2.36. The van der Waals surface area contributed by atoms with Gasteiger partial charge in [0.1, 0.15) is 23.7 Å². The van der Waals surface area contributed by atoms with Crippen molar-refractivity contribution >= 4 is 69.5 Å². The first kappa shape index (κ1) is 32.3. The lowest BCUT2D eigenvalue weighted by Gasteiger charge is -2.21. The molecule has 0 aliphatic heterocycles. The maximum atomic E-state index is 12.9. The van der Waals surface area contributed by atoms with Crippen molar-refractivity contribution in [1.29, 1.82) is 0 Å². The fraction of sp³-hybridized carbons (Fsp3) is 0.233. The molecule has 0 radical (unpaired) electrons. The number of anilines is 2. The standard InChI is InChI=1S/C30H30Cl2N6O6/c1-18(40)35-25-11-7-19(15-33-25)8-12-26(41)34-16-27(42)37(2)22-10-9-21(31)20(28(22)32)17-44-24-6-4-5-23-29(24)36-30(43-3)38(23)13-14-39/h4-12,15,39H,13-14,16-17H2,1-3H3,(H,34,41)(H,33,35,40)/b12-8+. The molecule has 2 aromatic heterocycles. The van der Waals surface area contributed by atoms with Gasteiger partial charge >= 0.3 is 0 Å². The lowest BCUT2D eigenvalue weighted by Crippen LogP contribution is -2.37. The van der Waals surface area contributed by atoms with Crippen LogP contribution < -0.4 is 25.0 Å². The zero-order valence-electron chi connectivity index (χ0n) is 24.1. The molecule has 12 nitrogen and oxygen atoms in total. The van der Waals surface area contributed by atoms with Gasteiger partial charge in [-0.05, 0) is 48.0 Å². The normalized spacial score (nSPS) is 11.0. The number of aromatic nitrogens is 3. The first-order valence-corrected chi connectivity index (χ1v) is 14.1. The summed E-state index contributed by atoms with van der Waals surface area (Å²) >= 11 is 13.2. The lowest BCUT2D eigenvalue weighted by atomic mass is 10.2. The molecule has 4 rings (SSSR count). The molecular formula is C30H30Cl2N6O6. The minimum Gasteiger partial charge on any atom is -0.486 e. The number of rotatable bonds is 12. The Morgan fingerprint density at radius 2 is 1.93 bits per heavy atom. The summed E-state index contributed by atoms with van der Waals surface area (Å²) in [4.78, 5) is 46.2. The molecule has 0 bridgehead atoms. The molecule has 4 aromatic rings. The Morgan fingerprint density at radius 3 is 2.61 bits per heavy atom. The van der Waals surface area contributed by atoms with Gasteiger partial charge in [0.25, 0.3) is 6.01 Å². The average molecular weight is 642 g/mol. The van der Waals surface area contributed by atoms with E-state index in [4.69, 9.17) is 32.7 Å². The molecule has 2 heterocycles. The Hall–Kier alpha value is -4.65. The van der Waals surface area contributed by atoms with Gasteiger partial charge in [0.05, 0.1) is 43.0 Å². The number of nitrogens with one attached hydrogen (secondary N) is 2. The van der Waals surface area contributed by atoms with Gasteiger partial charge in [-0.15, -0.1) is 0 Å². The number of hydrogen-bond acceptors (Lipinski definition) is 8. The van der Waals surface area contributed by atoms with Crippen LogP contribution in [0.2, 0.25) is 10.0 Å². The summed E-state index contributed by atoms with van der Waals surface area (Å²) in [5.74, 6) is -0.295. The summed E-state index contributed by atoms with van der Waals surface area (Å²) < 4.78 is 13.2. The van der Waals surface area contributed by atoms with Crippen LogP contribution in [0.1, 0.15) is 18.1 Å². The van der Waals surface area contributed by atoms with E-state index in [0.717, 1.165) is 5.52 Å². The number of pyridine rings is 1. The fourth-order valence-electron chi connectivity index (χ4n) is 4.22. The van der Waals surface area contributed by atoms with E-state index in [2.05, 4.69) is 20.6 Å². The van der Waals surface area contributed by atoms with Gasteiger partial charge in [0.15, 0.2) is 0 Å². The molecule has 44 heavy (non-hydrogen) atoms. The molecule has 0 spiro atoms. The SMILES string of the molecule is COc1nc2c(OCc3c(Cl)ccc(N(C)C(=O)CNC(=O)/C=C/c4ccc(NC(C)=O)nc4)c3Cl)cccc2n1CCO. The molecule has 0 saturated heterocycles. The predicted molar refractivity (Wildman–Crippen MR) is 168 cm³/mol. The van der Waals surface area contributed by atoms with Crippen molar-refractivity contribution in [3.63, 3.8) is 0 Å². The van der Waals surface area contributed by atoms with Gasteiger partial charge in [0.2, 0.25) is 17.7 Å². The summed E-state index contributed by atoms with van der Waals surface area (Å²) in [6, 6.07) is 12.2. The molecule has 3 amide bonds. The molecule has 0 aliphatic rings. The lowest BCUT2D eigenvalue weighted by molar-refractivity contribution is -0.122. The molecule has 14 heteroatoms. The van der Waals surface area contributed by atoms with Crippen molar-refractivity contribution < 1.29 is 29.0 Å². The number of methoxy groups -OCH3 is 1. The third-order valence-corrected chi connectivity index (χ3v) is 7.19. The third-order valence-electron chi connectivity index (χ3n) is 6.42. The molecule has 0 aliphatic carbocycles. The quantitative estimate of drug-likeness (QED) is 0.196. The number of aliphatic hydroxyl groups excluding tert-OH is 1. The first-order chi connectivity index (χ1) is 21.1. The number of nitrogens with zero attached hydrogens (tertiary/aromatic N) is 4. The summed E-state index contributed by atoms with van der Waals surface area (Å²) in [7, 11) is 3.03. The van der Waals surface area contributed by atoms with Crippen LogP contribution in [0.5, 0.6) is 11.8 Å². The van der Waals surface area contributed by atoms with E-state index in [-0.39, 0.29) is 30.7 Å². The van der Waals surface area contributed by atoms with Crippen molar-refractivity contribution in [1.82, 2.24) is 19.9 Å². The topological polar surface area (TPSA) is 148 Å². The third kappa shape index (κ3) is 7.64. The summed E-state index contributed by atoms with van der Waals surface area (Å²) in [5, 5.41) is 15.1. The molecule has 0 saturated carbocycles. The van der Waals surface area contributed by atoms with Gasteiger partial charge in [-0.1, -0.05) is 29.3 Å². The maximum Gasteiger partial charge on any atom is 0.297 e. The second-order valence-corrected chi connectivity index (χ2v) is 10.2. The minimum atomic E-state index is -0.485. The number of likely N-dealkylation sites (N-methyl/N-ethyl adjacent to an activating group) is 1. The molecule has 0 atom stereocenters. The number of carbonyl (C=O) groups is 3. The van der Waals surface area contributed by atoms with Crippen molar-refractivity contribution in [3.05, 3.63) is 75.9 Å². The van der Waals surface area contributed by atoms with Crippen LogP contribution >= 0.6 is 23.2 Å². The van der Waals surface area contributed by atoms with Crippen LogP contribution in [0.25, 0.3) is 17.1 Å². The van der Waals surface area contributed by atoms with Crippen LogP contribution in [-0.4, -0.2) is 64.7 Å². The Bertz CT molecular complexity index is 1710. The van der Waals surface area contributed by atoms with E-state index in [9.17, 15) is 19.5 Å². The average Bonchev–Trinajstić information content (AvgIpc) is 3.37. The number of amides is 3. The highest BCUT2D eigenvalue weighted by Gasteiger charge is 2.20. The molecule has 0 unspecified atom stereocenters. The van der Waals surface area contributed by atoms with Crippen LogP contribution in [0.3, 0.4) is 0 Å². The monoisotopic (exact) mass is 640 g/mol. The second-order valence-electron chi connectivity index (χ2n) is 9.41. The summed E-state index contributed by atoms with van der Waals surface area (Å²) in [5.41, 5.74) is 2.72. The van der Waals surface area contributed by atoms with Crippen molar-refractivity contribution in [2.24, 2.45) is 0 Å². The highest BCUT2D eigenvalue weighted by molar-refractivity contribution is 6.38. The molecule has 2 aromatic carbocycles. The van der Waals surface area contributed by atoms with Crippen molar-refractivity contribution in [2.45, 2.75) is 20.1 Å². The van der Waals surface area contributed by atoms with Crippen LogP contribution in [0.15, 0.2) is 54.7 Å². The largest absolute Gasteiger partial charge is 0.486 e. The molecule has 230 valence electrons. The zero-order valence-corrected chi connectivity index (χ0v) is 25.6. The van der Waals surface area contributed by atoms with Crippen LogP contribution in [0.4, 0.5) is 11.5 Å². The number of benzene rings is 2. The smallest absolute Gasteiger partial charge is 0.297 e. The zero-order chi connectivity index (χ0) is 31.8. The van der Waals surface area contributed by atoms with Crippen LogP contribution in [-0.2, 0) is 27.5 Å². The van der Waals surface area contributed by atoms with Crippen LogP contribution in [0, 0.1) is 0 Å². The first-order valence-electron chi connectivity index (χ1n) is 13.3. The fourth-order valence-corrected chi connectivity index (χ4v) is 4.83. The number of halogens is 2. The van der Waals surface area contributed by atoms with Gasteiger partial charge in [0, 0.05) is 36.8 Å². The van der Waals surface area contributed by atoms with E-state index in [1.54, 1.807) is 41.0 Å². The van der Waals surface area contributed by atoms with Crippen molar-refractivity contribution in [3.8, 4) is 11.8 Å². The number of para-hydroxylation sites is 1. The van der Waals surface area contributed by atoms with E-state index in [1.165, 1.54) is 44.3 Å². The predicted octanol–water partition coefficient (Wildman–Crippen LogP) is 4.07. The van der Waals surface area contributed by atoms with Crippen molar-refractivity contribution in [2.75, 3.05) is 37.5 Å². The number of carbonyl (C=O) groups excluding carboxylic acids is 3. The Kier molecular flexibility index (Phi) is 10.8. The summed E-state index contributed by atoms with van der Waals surface area (Å²) in [6.07, 6.45) is 4.30. The van der Waals surface area contributed by atoms with E-state index >= 15 is 0 Å². The number of aliphatic hydroxyl groups is 1.